The molecule has 124 valence electrons. The van der Waals surface area contributed by atoms with Crippen LogP contribution in [-0.4, -0.2) is 16.7 Å². The summed E-state index contributed by atoms with van der Waals surface area (Å²) < 4.78 is 19.1. The first-order chi connectivity index (χ1) is 10.7. The number of thiazole rings is 1. The van der Waals surface area contributed by atoms with E-state index in [-0.39, 0.29) is 6.04 Å². The van der Waals surface area contributed by atoms with Crippen molar-refractivity contribution in [1.29, 1.82) is 0 Å². The second kappa shape index (κ2) is 6.95. The molecule has 0 spiro atoms. The lowest BCUT2D eigenvalue weighted by Crippen LogP contribution is -2.27. The van der Waals surface area contributed by atoms with Crippen LogP contribution in [-0.2, 0) is 4.74 Å². The molecule has 2 aromatic rings. The summed E-state index contributed by atoms with van der Waals surface area (Å²) in [5.41, 5.74) is 2.71. The van der Waals surface area contributed by atoms with E-state index < -0.39 is 17.5 Å². The number of hydrogen-bond donors (Lipinski definition) is 2. The fourth-order valence-corrected chi connectivity index (χ4v) is 2.53. The largest absolute Gasteiger partial charge is 0.444 e. The second-order valence-electron chi connectivity index (χ2n) is 6.10. The Balaban J connectivity index is 2.08. The van der Waals surface area contributed by atoms with Crippen molar-refractivity contribution < 1.29 is 13.9 Å². The number of nitrogens with zero attached hydrogens (tertiary/aromatic N) is 1. The highest BCUT2D eigenvalue weighted by atomic mass is 32.1. The van der Waals surface area contributed by atoms with Crippen molar-refractivity contribution in [3.8, 4) is 0 Å². The Morgan fingerprint density at radius 2 is 2.13 bits per heavy atom. The number of ether oxygens (including phenoxy) is 1. The van der Waals surface area contributed by atoms with Crippen molar-refractivity contribution in [2.75, 3.05) is 10.6 Å². The summed E-state index contributed by atoms with van der Waals surface area (Å²) in [7, 11) is 0. The van der Waals surface area contributed by atoms with Gasteiger partial charge in [0.2, 0.25) is 0 Å². The third-order valence-corrected chi connectivity index (χ3v) is 3.48. The van der Waals surface area contributed by atoms with Gasteiger partial charge in [-0.15, -0.1) is 11.3 Å². The summed E-state index contributed by atoms with van der Waals surface area (Å²) in [6, 6.07) is 4.16. The average Bonchev–Trinajstić information content (AvgIpc) is 2.94. The maximum absolute atomic E-state index is 14.0. The third kappa shape index (κ3) is 5.21. The topological polar surface area (TPSA) is 63.2 Å². The Morgan fingerprint density at radius 3 is 2.74 bits per heavy atom. The van der Waals surface area contributed by atoms with Gasteiger partial charge in [-0.2, -0.15) is 0 Å². The lowest BCUT2D eigenvalue weighted by Gasteiger charge is -2.20. The zero-order valence-electron chi connectivity index (χ0n) is 13.5. The summed E-state index contributed by atoms with van der Waals surface area (Å²) in [5.74, 6) is -0.401. The van der Waals surface area contributed by atoms with Crippen LogP contribution in [0.5, 0.6) is 0 Å². The minimum atomic E-state index is -0.593. The molecule has 1 atom stereocenters. The van der Waals surface area contributed by atoms with Gasteiger partial charge < -0.3 is 10.1 Å². The monoisotopic (exact) mass is 337 g/mol. The number of amides is 1. The number of anilines is 2. The molecule has 2 N–H and O–H groups in total. The van der Waals surface area contributed by atoms with Crippen molar-refractivity contribution in [3.05, 3.63) is 40.6 Å². The minimum absolute atomic E-state index is 0.146. The molecule has 1 unspecified atom stereocenters. The van der Waals surface area contributed by atoms with E-state index in [1.54, 1.807) is 26.3 Å². The van der Waals surface area contributed by atoms with Gasteiger partial charge in [0.15, 0.2) is 0 Å². The molecule has 0 aliphatic rings. The van der Waals surface area contributed by atoms with E-state index >= 15 is 0 Å². The first-order valence-corrected chi connectivity index (χ1v) is 8.13. The van der Waals surface area contributed by atoms with Crippen molar-refractivity contribution in [3.63, 3.8) is 0 Å². The molecule has 0 aliphatic carbocycles. The molecular weight excluding hydrogens is 317 g/mol. The molecule has 23 heavy (non-hydrogen) atoms. The molecule has 1 aromatic heterocycles. The number of carbonyl (C=O) groups is 1. The van der Waals surface area contributed by atoms with Crippen molar-refractivity contribution in [1.82, 2.24) is 4.98 Å². The molecular formula is C16H20FN3O2S. The van der Waals surface area contributed by atoms with Gasteiger partial charge in [0.25, 0.3) is 0 Å². The maximum atomic E-state index is 14.0. The first kappa shape index (κ1) is 17.2. The molecule has 0 bridgehead atoms. The van der Waals surface area contributed by atoms with Crippen LogP contribution in [0.4, 0.5) is 20.6 Å². The van der Waals surface area contributed by atoms with Crippen LogP contribution < -0.4 is 10.6 Å². The van der Waals surface area contributed by atoms with Crippen molar-refractivity contribution >= 4 is 28.8 Å². The molecule has 0 fully saturated rings. The fourth-order valence-electron chi connectivity index (χ4n) is 1.88. The lowest BCUT2D eigenvalue weighted by molar-refractivity contribution is 0.0636. The highest BCUT2D eigenvalue weighted by Crippen LogP contribution is 2.25. The highest BCUT2D eigenvalue weighted by Gasteiger charge is 2.17. The summed E-state index contributed by atoms with van der Waals surface area (Å²) >= 11 is 1.48. The number of nitrogens with one attached hydrogen (secondary N) is 2. The van der Waals surface area contributed by atoms with Crippen LogP contribution in [0.3, 0.4) is 0 Å². The molecule has 7 heteroatoms. The van der Waals surface area contributed by atoms with E-state index in [2.05, 4.69) is 15.6 Å². The standard InChI is InChI=1S/C16H20FN3O2S/c1-10(14-8-23-9-18-14)19-13-7-11(5-6-12(13)17)20-15(21)22-16(2,3)4/h5-10,19H,1-4H3,(H,20,21). The Bertz CT molecular complexity index is 668. The van der Waals surface area contributed by atoms with Crippen LogP contribution in [0, 0.1) is 5.82 Å². The molecule has 0 radical (unpaired) electrons. The SMILES string of the molecule is CC(Nc1cc(NC(=O)OC(C)(C)C)ccc1F)c1cscn1. The zero-order valence-corrected chi connectivity index (χ0v) is 14.3. The second-order valence-corrected chi connectivity index (χ2v) is 6.82. The number of hydrogen-bond acceptors (Lipinski definition) is 5. The Morgan fingerprint density at radius 1 is 1.39 bits per heavy atom. The maximum Gasteiger partial charge on any atom is 0.412 e. The van der Waals surface area contributed by atoms with Gasteiger partial charge in [-0.05, 0) is 45.9 Å². The molecule has 2 rings (SSSR count). The Kier molecular flexibility index (Phi) is 5.20. The van der Waals surface area contributed by atoms with Gasteiger partial charge in [0.05, 0.1) is 22.9 Å². The first-order valence-electron chi connectivity index (χ1n) is 7.19. The number of benzene rings is 1. The Labute approximate surface area is 138 Å². The van der Waals surface area contributed by atoms with Gasteiger partial charge in [-0.1, -0.05) is 0 Å². The predicted molar refractivity (Wildman–Crippen MR) is 90.4 cm³/mol. The third-order valence-electron chi connectivity index (χ3n) is 2.88. The fraction of sp³-hybridized carbons (Fsp3) is 0.375. The summed E-state index contributed by atoms with van der Waals surface area (Å²) in [4.78, 5) is 16.0. The van der Waals surface area contributed by atoms with Gasteiger partial charge in [0, 0.05) is 11.1 Å². The quantitative estimate of drug-likeness (QED) is 0.841. The van der Waals surface area contributed by atoms with Crippen LogP contribution >= 0.6 is 11.3 Å². The summed E-state index contributed by atoms with van der Waals surface area (Å²) in [5, 5.41) is 7.55. The van der Waals surface area contributed by atoms with E-state index in [4.69, 9.17) is 4.74 Å². The van der Waals surface area contributed by atoms with E-state index in [1.165, 1.54) is 29.5 Å². The highest BCUT2D eigenvalue weighted by molar-refractivity contribution is 7.07. The van der Waals surface area contributed by atoms with E-state index in [0.29, 0.717) is 11.4 Å². The van der Waals surface area contributed by atoms with E-state index in [1.807, 2.05) is 12.3 Å². The Hall–Kier alpha value is -2.15. The van der Waals surface area contributed by atoms with Gasteiger partial charge in [0.1, 0.15) is 11.4 Å². The van der Waals surface area contributed by atoms with E-state index in [0.717, 1.165) is 5.69 Å². The molecule has 0 saturated heterocycles. The van der Waals surface area contributed by atoms with Gasteiger partial charge >= 0.3 is 6.09 Å². The number of carbonyl (C=O) groups excluding carboxylic acids is 1. The van der Waals surface area contributed by atoms with E-state index in [9.17, 15) is 9.18 Å². The van der Waals surface area contributed by atoms with Crippen LogP contribution in [0.2, 0.25) is 0 Å². The number of aromatic nitrogens is 1. The molecule has 5 nitrogen and oxygen atoms in total. The average molecular weight is 337 g/mol. The lowest BCUT2D eigenvalue weighted by atomic mass is 10.2. The number of halogens is 1. The smallest absolute Gasteiger partial charge is 0.412 e. The van der Waals surface area contributed by atoms with Crippen LogP contribution in [0.1, 0.15) is 39.4 Å². The van der Waals surface area contributed by atoms with Gasteiger partial charge in [-0.3, -0.25) is 5.32 Å². The van der Waals surface area contributed by atoms with Crippen molar-refractivity contribution in [2.24, 2.45) is 0 Å². The molecule has 0 aliphatic heterocycles. The van der Waals surface area contributed by atoms with Gasteiger partial charge in [-0.25, -0.2) is 14.2 Å². The molecule has 0 saturated carbocycles. The molecule has 1 aromatic carbocycles. The molecule has 1 amide bonds. The summed E-state index contributed by atoms with van der Waals surface area (Å²) in [6.07, 6.45) is -0.581. The molecule has 1 heterocycles. The van der Waals surface area contributed by atoms with Crippen molar-refractivity contribution in [2.45, 2.75) is 39.3 Å². The normalized spacial score (nSPS) is 12.6. The minimum Gasteiger partial charge on any atom is -0.444 e. The zero-order chi connectivity index (χ0) is 17.0. The van der Waals surface area contributed by atoms with Crippen LogP contribution in [0.25, 0.3) is 0 Å². The number of rotatable bonds is 4. The van der Waals surface area contributed by atoms with Crippen LogP contribution in [0.15, 0.2) is 29.1 Å². The summed E-state index contributed by atoms with van der Waals surface area (Å²) in [6.45, 7) is 7.22. The predicted octanol–water partition coefficient (Wildman–Crippen LogP) is 4.80.